The Morgan fingerprint density at radius 3 is 3.11 bits per heavy atom. The van der Waals surface area contributed by atoms with Crippen LogP contribution in [0.5, 0.6) is 5.75 Å². The normalized spacial score (nSPS) is 9.00. The molecule has 1 rings (SSSR count). The van der Waals surface area contributed by atoms with E-state index in [1.54, 1.807) is 12.4 Å². The lowest BCUT2D eigenvalue weighted by molar-refractivity contribution is 0.646. The first-order valence-electron chi connectivity index (χ1n) is 2.54. The standard InChI is InChI=1S/C6H7NOS/c1-9-8-6-3-2-4-7-5-6/h2-5H,1H3. The summed E-state index contributed by atoms with van der Waals surface area (Å²) in [5.41, 5.74) is 0. The summed E-state index contributed by atoms with van der Waals surface area (Å²) in [5.74, 6) is 0.796. The number of hydrogen-bond donors (Lipinski definition) is 0. The molecule has 0 aliphatic carbocycles. The topological polar surface area (TPSA) is 22.1 Å². The number of rotatable bonds is 2. The molecule has 9 heavy (non-hydrogen) atoms. The first kappa shape index (κ1) is 6.42. The van der Waals surface area contributed by atoms with E-state index in [1.807, 2.05) is 18.4 Å². The average molecular weight is 141 g/mol. The van der Waals surface area contributed by atoms with Crippen LogP contribution >= 0.6 is 12.0 Å². The fraction of sp³-hybridized carbons (Fsp3) is 0.167. The van der Waals surface area contributed by atoms with E-state index in [4.69, 9.17) is 4.18 Å². The Kier molecular flexibility index (Phi) is 2.39. The van der Waals surface area contributed by atoms with E-state index in [-0.39, 0.29) is 0 Å². The molecule has 0 aliphatic heterocycles. The number of hydrogen-bond acceptors (Lipinski definition) is 3. The molecule has 0 atom stereocenters. The smallest absolute Gasteiger partial charge is 0.155 e. The lowest BCUT2D eigenvalue weighted by Crippen LogP contribution is -1.78. The van der Waals surface area contributed by atoms with Gasteiger partial charge in [-0.2, -0.15) is 0 Å². The first-order chi connectivity index (χ1) is 4.43. The SMILES string of the molecule is CSOc1cccnc1. The van der Waals surface area contributed by atoms with Crippen molar-refractivity contribution in [3.8, 4) is 5.75 Å². The van der Waals surface area contributed by atoms with Gasteiger partial charge >= 0.3 is 0 Å². The third-order valence-electron chi connectivity index (χ3n) is 0.814. The molecular formula is C6H7NOS. The Hall–Kier alpha value is -0.700. The Balaban J connectivity index is 2.61. The van der Waals surface area contributed by atoms with E-state index in [9.17, 15) is 0 Å². The molecule has 1 aromatic rings. The largest absolute Gasteiger partial charge is 0.424 e. The summed E-state index contributed by atoms with van der Waals surface area (Å²) < 4.78 is 5.06. The predicted octanol–water partition coefficient (Wildman–Crippen LogP) is 1.74. The number of pyridine rings is 1. The molecule has 0 spiro atoms. The molecule has 0 bridgehead atoms. The number of nitrogens with zero attached hydrogens (tertiary/aromatic N) is 1. The molecule has 0 fully saturated rings. The molecule has 0 saturated carbocycles. The van der Waals surface area contributed by atoms with Gasteiger partial charge in [0.05, 0.1) is 18.2 Å². The van der Waals surface area contributed by atoms with Crippen LogP contribution in [0.1, 0.15) is 0 Å². The van der Waals surface area contributed by atoms with E-state index in [2.05, 4.69) is 4.98 Å². The second-order valence-electron chi connectivity index (χ2n) is 1.44. The van der Waals surface area contributed by atoms with Crippen LogP contribution in [0.4, 0.5) is 0 Å². The molecular weight excluding hydrogens is 134 g/mol. The molecule has 0 radical (unpaired) electrons. The van der Waals surface area contributed by atoms with Gasteiger partial charge in [0.1, 0.15) is 0 Å². The lowest BCUT2D eigenvalue weighted by atomic mass is 10.5. The minimum atomic E-state index is 0.796. The van der Waals surface area contributed by atoms with Gasteiger partial charge in [-0.25, -0.2) is 0 Å². The van der Waals surface area contributed by atoms with Crippen LogP contribution in [-0.4, -0.2) is 11.2 Å². The maximum absolute atomic E-state index is 5.06. The highest BCUT2D eigenvalue weighted by atomic mass is 32.2. The Morgan fingerprint density at radius 2 is 2.56 bits per heavy atom. The molecule has 0 saturated heterocycles. The summed E-state index contributed by atoms with van der Waals surface area (Å²) in [6.45, 7) is 0. The van der Waals surface area contributed by atoms with Crippen LogP contribution < -0.4 is 4.18 Å². The van der Waals surface area contributed by atoms with Crippen molar-refractivity contribution in [3.05, 3.63) is 24.5 Å². The van der Waals surface area contributed by atoms with Crippen LogP contribution in [0.3, 0.4) is 0 Å². The molecule has 1 aromatic heterocycles. The lowest BCUT2D eigenvalue weighted by Gasteiger charge is -1.96. The second-order valence-corrected chi connectivity index (χ2v) is 1.94. The van der Waals surface area contributed by atoms with Gasteiger partial charge in [-0.05, 0) is 12.1 Å². The van der Waals surface area contributed by atoms with Gasteiger partial charge in [-0.1, -0.05) is 0 Å². The van der Waals surface area contributed by atoms with Crippen molar-refractivity contribution in [3.63, 3.8) is 0 Å². The maximum Gasteiger partial charge on any atom is 0.155 e. The quantitative estimate of drug-likeness (QED) is 0.586. The molecule has 48 valence electrons. The van der Waals surface area contributed by atoms with Gasteiger partial charge in [0.2, 0.25) is 0 Å². The molecule has 1 heterocycles. The summed E-state index contributed by atoms with van der Waals surface area (Å²) in [4.78, 5) is 3.86. The van der Waals surface area contributed by atoms with Crippen LogP contribution in [0, 0.1) is 0 Å². The van der Waals surface area contributed by atoms with Crippen LogP contribution in [0.2, 0.25) is 0 Å². The van der Waals surface area contributed by atoms with Crippen LogP contribution in [0.15, 0.2) is 24.5 Å². The van der Waals surface area contributed by atoms with Crippen molar-refractivity contribution < 1.29 is 4.18 Å². The Labute approximate surface area is 58.5 Å². The predicted molar refractivity (Wildman–Crippen MR) is 38.4 cm³/mol. The zero-order chi connectivity index (χ0) is 6.53. The van der Waals surface area contributed by atoms with Crippen molar-refractivity contribution in [2.75, 3.05) is 6.26 Å². The minimum absolute atomic E-state index is 0.796. The zero-order valence-corrected chi connectivity index (χ0v) is 5.89. The fourth-order valence-corrected chi connectivity index (χ4v) is 0.784. The van der Waals surface area contributed by atoms with E-state index in [0.717, 1.165) is 5.75 Å². The van der Waals surface area contributed by atoms with Gasteiger partial charge in [-0.15, -0.1) is 0 Å². The van der Waals surface area contributed by atoms with Gasteiger partial charge in [0.25, 0.3) is 0 Å². The monoisotopic (exact) mass is 141 g/mol. The van der Waals surface area contributed by atoms with E-state index >= 15 is 0 Å². The summed E-state index contributed by atoms with van der Waals surface area (Å²) in [7, 11) is 0. The third-order valence-corrected chi connectivity index (χ3v) is 1.17. The third kappa shape index (κ3) is 1.93. The van der Waals surface area contributed by atoms with Crippen molar-refractivity contribution in [2.45, 2.75) is 0 Å². The summed E-state index contributed by atoms with van der Waals surface area (Å²) in [6, 6.07) is 3.70. The van der Waals surface area contributed by atoms with Crippen LogP contribution in [-0.2, 0) is 0 Å². The molecule has 3 heteroatoms. The highest BCUT2D eigenvalue weighted by molar-refractivity contribution is 7.94. The Morgan fingerprint density at radius 1 is 1.67 bits per heavy atom. The van der Waals surface area contributed by atoms with Crippen molar-refractivity contribution in [1.29, 1.82) is 0 Å². The van der Waals surface area contributed by atoms with Crippen molar-refractivity contribution >= 4 is 12.0 Å². The molecule has 0 unspecified atom stereocenters. The molecule has 0 N–H and O–H groups in total. The van der Waals surface area contributed by atoms with Crippen molar-refractivity contribution in [1.82, 2.24) is 4.98 Å². The maximum atomic E-state index is 5.06. The summed E-state index contributed by atoms with van der Waals surface area (Å²) in [6.07, 6.45) is 5.26. The first-order valence-corrected chi connectivity index (χ1v) is 3.69. The Bertz CT molecular complexity index is 166. The van der Waals surface area contributed by atoms with Gasteiger partial charge in [0, 0.05) is 12.5 Å². The van der Waals surface area contributed by atoms with Crippen LogP contribution in [0.25, 0.3) is 0 Å². The van der Waals surface area contributed by atoms with Crippen molar-refractivity contribution in [2.24, 2.45) is 0 Å². The summed E-state index contributed by atoms with van der Waals surface area (Å²) >= 11 is 1.31. The molecule has 0 aromatic carbocycles. The van der Waals surface area contributed by atoms with Gasteiger partial charge < -0.3 is 4.18 Å². The average Bonchev–Trinajstić information content (AvgIpc) is 1.91. The highest BCUT2D eigenvalue weighted by Gasteiger charge is 1.86. The van der Waals surface area contributed by atoms with E-state index < -0.39 is 0 Å². The summed E-state index contributed by atoms with van der Waals surface area (Å²) in [5, 5.41) is 0. The molecule has 0 amide bonds. The van der Waals surface area contributed by atoms with E-state index in [1.165, 1.54) is 12.0 Å². The number of aromatic nitrogens is 1. The van der Waals surface area contributed by atoms with Gasteiger partial charge in [-0.3, -0.25) is 4.98 Å². The highest BCUT2D eigenvalue weighted by Crippen LogP contribution is 2.10. The molecule has 0 aliphatic rings. The molecule has 2 nitrogen and oxygen atoms in total. The van der Waals surface area contributed by atoms with E-state index in [0.29, 0.717) is 0 Å². The zero-order valence-electron chi connectivity index (χ0n) is 5.07. The van der Waals surface area contributed by atoms with Gasteiger partial charge in [0.15, 0.2) is 5.75 Å². The fourth-order valence-electron chi connectivity index (χ4n) is 0.493. The second kappa shape index (κ2) is 3.35. The minimum Gasteiger partial charge on any atom is -0.424 e.